The fraction of sp³-hybridized carbons (Fsp3) is 0.471. The van der Waals surface area contributed by atoms with Crippen molar-refractivity contribution in [1.29, 1.82) is 0 Å². The number of furan rings is 1. The van der Waals surface area contributed by atoms with Gasteiger partial charge >= 0.3 is 0 Å². The van der Waals surface area contributed by atoms with E-state index in [1.807, 2.05) is 11.0 Å². The summed E-state index contributed by atoms with van der Waals surface area (Å²) in [5.74, 6) is 0.449. The minimum atomic E-state index is -0.117. The van der Waals surface area contributed by atoms with Crippen molar-refractivity contribution in [2.45, 2.75) is 12.6 Å². The highest BCUT2D eigenvalue weighted by Crippen LogP contribution is 2.25. The second-order valence-electron chi connectivity index (χ2n) is 6.32. The molecule has 0 aromatic carbocycles. The highest BCUT2D eigenvalue weighted by molar-refractivity contribution is 5.90. The summed E-state index contributed by atoms with van der Waals surface area (Å²) in [5, 5.41) is 0. The maximum absolute atomic E-state index is 12.5. The Hall–Kier alpha value is -2.25. The number of hydrogen-bond acceptors (Lipinski definition) is 6. The molecular formula is C17H20N4O3. The van der Waals surface area contributed by atoms with Crippen molar-refractivity contribution < 1.29 is 13.9 Å². The lowest BCUT2D eigenvalue weighted by atomic mass is 10.1. The average molecular weight is 328 g/mol. The van der Waals surface area contributed by atoms with Crippen molar-refractivity contribution in [1.82, 2.24) is 19.8 Å². The third-order valence-corrected chi connectivity index (χ3v) is 4.64. The zero-order chi connectivity index (χ0) is 16.4. The van der Waals surface area contributed by atoms with Crippen LogP contribution >= 0.6 is 0 Å². The van der Waals surface area contributed by atoms with Gasteiger partial charge in [0, 0.05) is 56.6 Å². The molecule has 1 amide bonds. The van der Waals surface area contributed by atoms with Gasteiger partial charge in [-0.05, 0) is 12.1 Å². The average Bonchev–Trinajstić information content (AvgIpc) is 3.22. The Bertz CT molecular complexity index is 676. The van der Waals surface area contributed by atoms with Crippen LogP contribution in [0.1, 0.15) is 16.2 Å². The molecule has 2 saturated heterocycles. The summed E-state index contributed by atoms with van der Waals surface area (Å²) < 4.78 is 11.1. The van der Waals surface area contributed by atoms with Gasteiger partial charge in [-0.1, -0.05) is 0 Å². The molecule has 0 N–H and O–H groups in total. The van der Waals surface area contributed by atoms with Gasteiger partial charge in [0.05, 0.1) is 25.2 Å². The largest absolute Gasteiger partial charge is 0.472 e. The molecule has 2 aliphatic rings. The zero-order valence-electron chi connectivity index (χ0n) is 13.4. The van der Waals surface area contributed by atoms with Crippen molar-refractivity contribution >= 4 is 5.91 Å². The van der Waals surface area contributed by atoms with Gasteiger partial charge in [-0.25, -0.2) is 9.97 Å². The SMILES string of the molecule is O=C(c1ncccn1)N1C[C@H]2CN(Cc3ccoc3)CCO[C@H]2C1. The number of aromatic nitrogens is 2. The van der Waals surface area contributed by atoms with E-state index in [2.05, 4.69) is 14.9 Å². The van der Waals surface area contributed by atoms with Crippen molar-refractivity contribution in [2.24, 2.45) is 5.92 Å². The maximum Gasteiger partial charge on any atom is 0.291 e. The minimum absolute atomic E-state index is 0.0898. The summed E-state index contributed by atoms with van der Waals surface area (Å²) in [5.41, 5.74) is 1.16. The Balaban J connectivity index is 1.41. The molecule has 0 radical (unpaired) electrons. The molecule has 126 valence electrons. The first-order valence-corrected chi connectivity index (χ1v) is 8.21. The Morgan fingerprint density at radius 2 is 2.12 bits per heavy atom. The van der Waals surface area contributed by atoms with E-state index in [0.717, 1.165) is 25.2 Å². The minimum Gasteiger partial charge on any atom is -0.472 e. The highest BCUT2D eigenvalue weighted by atomic mass is 16.5. The molecule has 7 nitrogen and oxygen atoms in total. The molecule has 24 heavy (non-hydrogen) atoms. The molecule has 0 aliphatic carbocycles. The predicted molar refractivity (Wildman–Crippen MR) is 85.2 cm³/mol. The molecule has 0 bridgehead atoms. The zero-order valence-corrected chi connectivity index (χ0v) is 13.4. The topological polar surface area (TPSA) is 71.7 Å². The quantitative estimate of drug-likeness (QED) is 0.838. The molecule has 2 atom stereocenters. The summed E-state index contributed by atoms with van der Waals surface area (Å²) in [6.45, 7) is 4.63. The van der Waals surface area contributed by atoms with E-state index in [1.165, 1.54) is 0 Å². The van der Waals surface area contributed by atoms with Crippen LogP contribution < -0.4 is 0 Å². The van der Waals surface area contributed by atoms with Gasteiger partial charge in [-0.2, -0.15) is 0 Å². The van der Waals surface area contributed by atoms with Gasteiger partial charge in [0.25, 0.3) is 5.91 Å². The van der Waals surface area contributed by atoms with Gasteiger partial charge in [-0.3, -0.25) is 9.69 Å². The Labute approximate surface area is 140 Å². The van der Waals surface area contributed by atoms with Gasteiger partial charge in [0.2, 0.25) is 5.82 Å². The predicted octanol–water partition coefficient (Wildman–Crippen LogP) is 1.04. The molecule has 4 heterocycles. The van der Waals surface area contributed by atoms with Crippen LogP contribution in [0.3, 0.4) is 0 Å². The third kappa shape index (κ3) is 3.18. The first kappa shape index (κ1) is 15.3. The number of likely N-dealkylation sites (tertiary alicyclic amines) is 1. The van der Waals surface area contributed by atoms with Crippen LogP contribution in [-0.4, -0.2) is 64.6 Å². The van der Waals surface area contributed by atoms with E-state index in [4.69, 9.17) is 9.15 Å². The Kier molecular flexibility index (Phi) is 4.27. The molecule has 2 aromatic heterocycles. The van der Waals surface area contributed by atoms with Crippen LogP contribution in [0.15, 0.2) is 41.5 Å². The fourth-order valence-electron chi connectivity index (χ4n) is 3.46. The van der Waals surface area contributed by atoms with E-state index >= 15 is 0 Å². The first-order chi connectivity index (χ1) is 11.8. The summed E-state index contributed by atoms with van der Waals surface area (Å²) in [6.07, 6.45) is 6.75. The Morgan fingerprint density at radius 3 is 2.92 bits per heavy atom. The number of ether oxygens (including phenoxy) is 1. The van der Waals surface area contributed by atoms with Gasteiger partial charge in [0.15, 0.2) is 0 Å². The smallest absolute Gasteiger partial charge is 0.291 e. The van der Waals surface area contributed by atoms with E-state index in [9.17, 15) is 4.79 Å². The van der Waals surface area contributed by atoms with Crippen LogP contribution in [0, 0.1) is 5.92 Å². The lowest BCUT2D eigenvalue weighted by Crippen LogP contribution is -2.34. The molecular weight excluding hydrogens is 308 g/mol. The molecule has 2 fully saturated rings. The molecule has 0 unspecified atom stereocenters. The van der Waals surface area contributed by atoms with Gasteiger partial charge in [-0.15, -0.1) is 0 Å². The molecule has 0 saturated carbocycles. The number of nitrogens with zero attached hydrogens (tertiary/aromatic N) is 4. The summed E-state index contributed by atoms with van der Waals surface area (Å²) in [7, 11) is 0. The number of hydrogen-bond donors (Lipinski definition) is 0. The summed E-state index contributed by atoms with van der Waals surface area (Å²) >= 11 is 0. The van der Waals surface area contributed by atoms with Crippen molar-refractivity contribution in [3.05, 3.63) is 48.4 Å². The standard InChI is InChI=1S/C17H20N4O3/c22-17(16-18-3-1-4-19-16)21-10-14-9-20(5-7-24-15(14)11-21)8-13-2-6-23-12-13/h1-4,6,12,14-15H,5,7-11H2/t14-,15+/m1/s1. The van der Waals surface area contributed by atoms with Crippen LogP contribution in [-0.2, 0) is 11.3 Å². The lowest BCUT2D eigenvalue weighted by Gasteiger charge is -2.22. The number of carbonyl (C=O) groups is 1. The summed E-state index contributed by atoms with van der Waals surface area (Å²) in [6, 6.07) is 3.70. The molecule has 7 heteroatoms. The van der Waals surface area contributed by atoms with E-state index < -0.39 is 0 Å². The lowest BCUT2D eigenvalue weighted by molar-refractivity contribution is 0.0480. The first-order valence-electron chi connectivity index (χ1n) is 8.21. The maximum atomic E-state index is 12.5. The molecule has 0 spiro atoms. The number of carbonyl (C=O) groups excluding carboxylic acids is 1. The van der Waals surface area contributed by atoms with E-state index in [-0.39, 0.29) is 17.8 Å². The van der Waals surface area contributed by atoms with Crippen molar-refractivity contribution in [3.8, 4) is 0 Å². The molecule has 2 aliphatic heterocycles. The number of amides is 1. The van der Waals surface area contributed by atoms with Crippen molar-refractivity contribution in [3.63, 3.8) is 0 Å². The van der Waals surface area contributed by atoms with Crippen molar-refractivity contribution in [2.75, 3.05) is 32.8 Å². The number of fused-ring (bicyclic) bond motifs is 1. The normalized spacial score (nSPS) is 24.6. The number of rotatable bonds is 3. The monoisotopic (exact) mass is 328 g/mol. The third-order valence-electron chi connectivity index (χ3n) is 4.64. The van der Waals surface area contributed by atoms with Gasteiger partial charge < -0.3 is 14.1 Å². The second-order valence-corrected chi connectivity index (χ2v) is 6.32. The molecule has 2 aromatic rings. The Morgan fingerprint density at radius 1 is 1.25 bits per heavy atom. The van der Waals surface area contributed by atoms with E-state index in [1.54, 1.807) is 31.0 Å². The van der Waals surface area contributed by atoms with E-state index in [0.29, 0.717) is 25.6 Å². The van der Waals surface area contributed by atoms with Gasteiger partial charge in [0.1, 0.15) is 0 Å². The molecule has 4 rings (SSSR count). The summed E-state index contributed by atoms with van der Waals surface area (Å²) in [4.78, 5) is 24.8. The van der Waals surface area contributed by atoms with Crippen LogP contribution in [0.4, 0.5) is 0 Å². The highest BCUT2D eigenvalue weighted by Gasteiger charge is 2.39. The van der Waals surface area contributed by atoms with Crippen LogP contribution in [0.2, 0.25) is 0 Å². The van der Waals surface area contributed by atoms with Crippen LogP contribution in [0.25, 0.3) is 0 Å². The van der Waals surface area contributed by atoms with Crippen LogP contribution in [0.5, 0.6) is 0 Å². The second kappa shape index (κ2) is 6.70. The fourth-order valence-corrected chi connectivity index (χ4v) is 3.46.